The van der Waals surface area contributed by atoms with Crippen molar-refractivity contribution in [1.29, 1.82) is 0 Å². The molecule has 0 saturated carbocycles. The zero-order chi connectivity index (χ0) is 19.0. The summed E-state index contributed by atoms with van der Waals surface area (Å²) in [6.07, 6.45) is 4.61. The van der Waals surface area contributed by atoms with E-state index in [0.29, 0.717) is 29.4 Å². The number of halogens is 1. The molecule has 3 heterocycles. The number of ether oxygens (including phenoxy) is 1. The van der Waals surface area contributed by atoms with Crippen molar-refractivity contribution >= 4 is 17.5 Å². The van der Waals surface area contributed by atoms with Gasteiger partial charge < -0.3 is 14.6 Å². The van der Waals surface area contributed by atoms with Gasteiger partial charge in [0.2, 0.25) is 0 Å². The van der Waals surface area contributed by atoms with E-state index in [1.54, 1.807) is 25.3 Å². The first-order valence-corrected chi connectivity index (χ1v) is 9.87. The molecule has 2 aromatic rings. The van der Waals surface area contributed by atoms with Crippen molar-refractivity contribution in [2.45, 2.75) is 31.7 Å². The number of amides is 1. The molecule has 1 aromatic carbocycles. The van der Waals surface area contributed by atoms with Gasteiger partial charge in [0.05, 0.1) is 29.7 Å². The molecule has 0 unspecified atom stereocenters. The van der Waals surface area contributed by atoms with Gasteiger partial charge in [0.1, 0.15) is 5.75 Å². The predicted molar refractivity (Wildman–Crippen MR) is 104 cm³/mol. The summed E-state index contributed by atoms with van der Waals surface area (Å²) in [6, 6.07) is 5.22. The van der Waals surface area contributed by atoms with Crippen LogP contribution in [0.25, 0.3) is 0 Å². The lowest BCUT2D eigenvalue weighted by molar-refractivity contribution is 0.0103. The first-order valence-electron chi connectivity index (χ1n) is 9.49. The van der Waals surface area contributed by atoms with Gasteiger partial charge in [0, 0.05) is 37.3 Å². The van der Waals surface area contributed by atoms with Crippen LogP contribution in [0.1, 0.15) is 41.5 Å². The van der Waals surface area contributed by atoms with Crippen LogP contribution in [0.3, 0.4) is 0 Å². The van der Waals surface area contributed by atoms with Crippen molar-refractivity contribution in [1.82, 2.24) is 19.8 Å². The Hall–Kier alpha value is -2.05. The van der Waals surface area contributed by atoms with Crippen LogP contribution in [-0.4, -0.2) is 59.0 Å². The molecule has 2 aliphatic heterocycles. The van der Waals surface area contributed by atoms with Crippen LogP contribution in [0, 0.1) is 0 Å². The molecule has 0 aliphatic carbocycles. The second-order valence-electron chi connectivity index (χ2n) is 7.23. The lowest BCUT2D eigenvalue weighted by atomic mass is 9.78. The molecule has 0 bridgehead atoms. The van der Waals surface area contributed by atoms with E-state index in [1.165, 1.54) is 11.4 Å². The first-order chi connectivity index (χ1) is 13.1. The van der Waals surface area contributed by atoms with Gasteiger partial charge in [-0.05, 0) is 37.6 Å². The Morgan fingerprint density at radius 1 is 1.33 bits per heavy atom. The van der Waals surface area contributed by atoms with Gasteiger partial charge in [0.15, 0.2) is 0 Å². The quantitative estimate of drug-likeness (QED) is 0.877. The normalized spacial score (nSPS) is 19.1. The van der Waals surface area contributed by atoms with E-state index in [1.807, 2.05) is 11.2 Å². The number of imidazole rings is 1. The molecule has 7 heteroatoms. The van der Waals surface area contributed by atoms with Gasteiger partial charge in [-0.15, -0.1) is 0 Å². The molecule has 27 heavy (non-hydrogen) atoms. The van der Waals surface area contributed by atoms with Crippen LogP contribution in [0.4, 0.5) is 0 Å². The molecule has 6 nitrogen and oxygen atoms in total. The van der Waals surface area contributed by atoms with Crippen LogP contribution in [0.2, 0.25) is 5.02 Å². The molecule has 1 N–H and O–H groups in total. The number of carbonyl (C=O) groups excluding carboxylic acids is 1. The summed E-state index contributed by atoms with van der Waals surface area (Å²) in [7, 11) is 1.57. The highest BCUT2D eigenvalue weighted by molar-refractivity contribution is 6.32. The number of fused-ring (bicyclic) bond motifs is 2. The standard InChI is InChI=1S/C20H25ClN4O2/c1-3-25-9-6-16-18(23-13-22-16)20(25)7-10-24(11-8-20)19(26)14-4-5-17(27-2)15(21)12-14/h4-5,12-13H,3,6-11H2,1-2H3,(H,22,23). The second-order valence-corrected chi connectivity index (χ2v) is 7.64. The minimum absolute atomic E-state index is 0.0236. The van der Waals surface area contributed by atoms with Crippen molar-refractivity contribution < 1.29 is 9.53 Å². The predicted octanol–water partition coefficient (Wildman–Crippen LogP) is 3.08. The fourth-order valence-electron chi connectivity index (χ4n) is 4.60. The van der Waals surface area contributed by atoms with E-state index >= 15 is 0 Å². The molecule has 1 spiro atoms. The largest absolute Gasteiger partial charge is 0.495 e. The van der Waals surface area contributed by atoms with Crippen molar-refractivity contribution in [3.8, 4) is 5.75 Å². The third kappa shape index (κ3) is 3.01. The Kier molecular flexibility index (Phi) is 4.86. The lowest BCUT2D eigenvalue weighted by Crippen LogP contribution is -2.57. The SMILES string of the molecule is CCN1CCc2[nH]cnc2C12CCN(C(=O)c1ccc(OC)c(Cl)c1)CC2. The van der Waals surface area contributed by atoms with Crippen LogP contribution in [0.5, 0.6) is 5.75 Å². The van der Waals surface area contributed by atoms with Crippen LogP contribution < -0.4 is 4.74 Å². The van der Waals surface area contributed by atoms with Crippen molar-refractivity contribution in [3.63, 3.8) is 0 Å². The van der Waals surface area contributed by atoms with Gasteiger partial charge in [-0.1, -0.05) is 18.5 Å². The maximum Gasteiger partial charge on any atom is 0.253 e. The number of likely N-dealkylation sites (tertiary alicyclic amines) is 1. The topological polar surface area (TPSA) is 61.5 Å². The van der Waals surface area contributed by atoms with Crippen molar-refractivity contribution in [3.05, 3.63) is 46.5 Å². The van der Waals surface area contributed by atoms with Crippen LogP contribution in [-0.2, 0) is 12.0 Å². The van der Waals surface area contributed by atoms with Gasteiger partial charge in [-0.2, -0.15) is 0 Å². The lowest BCUT2D eigenvalue weighted by Gasteiger charge is -2.50. The monoisotopic (exact) mass is 388 g/mol. The maximum absolute atomic E-state index is 13.0. The summed E-state index contributed by atoms with van der Waals surface area (Å²) in [5.41, 5.74) is 2.97. The number of aromatic amines is 1. The number of benzene rings is 1. The number of nitrogens with one attached hydrogen (secondary N) is 1. The minimum Gasteiger partial charge on any atom is -0.495 e. The molecule has 1 fully saturated rings. The Morgan fingerprint density at radius 2 is 2.11 bits per heavy atom. The summed E-state index contributed by atoms with van der Waals surface area (Å²) < 4.78 is 5.18. The average molecular weight is 389 g/mol. The zero-order valence-electron chi connectivity index (χ0n) is 15.8. The Bertz CT molecular complexity index is 842. The summed E-state index contributed by atoms with van der Waals surface area (Å²) >= 11 is 6.20. The summed E-state index contributed by atoms with van der Waals surface area (Å²) in [5, 5.41) is 0.461. The zero-order valence-corrected chi connectivity index (χ0v) is 16.6. The van der Waals surface area contributed by atoms with E-state index in [-0.39, 0.29) is 11.4 Å². The van der Waals surface area contributed by atoms with Gasteiger partial charge in [-0.3, -0.25) is 9.69 Å². The highest BCUT2D eigenvalue weighted by atomic mass is 35.5. The Balaban J connectivity index is 1.53. The molecule has 144 valence electrons. The number of carbonyl (C=O) groups is 1. The molecule has 0 radical (unpaired) electrons. The van der Waals surface area contributed by atoms with Crippen molar-refractivity contribution in [2.24, 2.45) is 0 Å². The number of piperidine rings is 1. The molecule has 1 amide bonds. The molecule has 0 atom stereocenters. The highest BCUT2D eigenvalue weighted by Gasteiger charge is 2.46. The number of likely N-dealkylation sites (N-methyl/N-ethyl adjacent to an activating group) is 1. The minimum atomic E-state index is -0.0589. The summed E-state index contributed by atoms with van der Waals surface area (Å²) in [4.78, 5) is 25.4. The number of hydrogen-bond acceptors (Lipinski definition) is 4. The maximum atomic E-state index is 13.0. The first kappa shape index (κ1) is 18.3. The molecule has 4 rings (SSSR count). The Labute approximate surface area is 164 Å². The van der Waals surface area contributed by atoms with E-state index in [2.05, 4.69) is 21.8 Å². The second kappa shape index (κ2) is 7.17. The third-order valence-corrected chi connectivity index (χ3v) is 6.35. The number of rotatable bonds is 3. The van der Waals surface area contributed by atoms with Gasteiger partial charge in [-0.25, -0.2) is 4.98 Å². The number of methoxy groups -OCH3 is 1. The molecule has 2 aliphatic rings. The fourth-order valence-corrected chi connectivity index (χ4v) is 4.86. The molecular weight excluding hydrogens is 364 g/mol. The van der Waals surface area contributed by atoms with Crippen LogP contribution >= 0.6 is 11.6 Å². The smallest absolute Gasteiger partial charge is 0.253 e. The molecule has 1 saturated heterocycles. The molecular formula is C20H25ClN4O2. The van der Waals surface area contributed by atoms with Gasteiger partial charge >= 0.3 is 0 Å². The van der Waals surface area contributed by atoms with E-state index in [4.69, 9.17) is 16.3 Å². The van der Waals surface area contributed by atoms with E-state index in [9.17, 15) is 4.79 Å². The molecule has 1 aromatic heterocycles. The Morgan fingerprint density at radius 3 is 2.78 bits per heavy atom. The number of H-pyrrole nitrogens is 1. The summed E-state index contributed by atoms with van der Waals surface area (Å²) in [6.45, 7) is 5.66. The van der Waals surface area contributed by atoms with Crippen LogP contribution in [0.15, 0.2) is 24.5 Å². The average Bonchev–Trinajstić information content (AvgIpc) is 3.18. The van der Waals surface area contributed by atoms with E-state index in [0.717, 1.165) is 32.4 Å². The number of hydrogen-bond donors (Lipinski definition) is 1. The fraction of sp³-hybridized carbons (Fsp3) is 0.500. The third-order valence-electron chi connectivity index (χ3n) is 6.05. The highest BCUT2D eigenvalue weighted by Crippen LogP contribution is 2.42. The summed E-state index contributed by atoms with van der Waals surface area (Å²) in [5.74, 6) is 0.605. The van der Waals surface area contributed by atoms with E-state index < -0.39 is 0 Å². The number of nitrogens with zero attached hydrogens (tertiary/aromatic N) is 3. The van der Waals surface area contributed by atoms with Crippen molar-refractivity contribution in [2.75, 3.05) is 33.3 Å². The van der Waals surface area contributed by atoms with Gasteiger partial charge in [0.25, 0.3) is 5.91 Å². The number of aromatic nitrogens is 2.